The lowest BCUT2D eigenvalue weighted by Gasteiger charge is -2.19. The van der Waals surface area contributed by atoms with Gasteiger partial charge in [0.15, 0.2) is 18.1 Å². The van der Waals surface area contributed by atoms with E-state index >= 15 is 0 Å². The van der Waals surface area contributed by atoms with E-state index in [1.54, 1.807) is 25.1 Å². The number of hydrogen-bond donors (Lipinski definition) is 0. The largest absolute Gasteiger partial charge is 0.493 e. The minimum atomic E-state index is -0.525. The minimum Gasteiger partial charge on any atom is -0.493 e. The SMILES string of the molecule is CCOC(=O)COc1c(Cl)cc(/C=C2\SC(=O)N(C(C)CC)C2=O)cc1OC. The molecule has 28 heavy (non-hydrogen) atoms. The van der Waals surface area contributed by atoms with Gasteiger partial charge < -0.3 is 14.2 Å². The molecule has 0 bridgehead atoms. The topological polar surface area (TPSA) is 82.1 Å². The van der Waals surface area contributed by atoms with Gasteiger partial charge in [-0.25, -0.2) is 4.79 Å². The maximum Gasteiger partial charge on any atom is 0.344 e. The highest BCUT2D eigenvalue weighted by molar-refractivity contribution is 8.18. The molecule has 2 amide bonds. The van der Waals surface area contributed by atoms with Crippen LogP contribution in [-0.4, -0.2) is 48.4 Å². The van der Waals surface area contributed by atoms with E-state index in [0.717, 1.165) is 11.8 Å². The van der Waals surface area contributed by atoms with Crippen molar-refractivity contribution in [2.75, 3.05) is 20.3 Å². The van der Waals surface area contributed by atoms with Crippen molar-refractivity contribution < 1.29 is 28.6 Å². The first kappa shape index (κ1) is 22.1. The number of rotatable bonds is 8. The second kappa shape index (κ2) is 9.84. The highest BCUT2D eigenvalue weighted by Gasteiger charge is 2.37. The molecule has 0 aliphatic carbocycles. The number of nitrogens with zero attached hydrogens (tertiary/aromatic N) is 1. The van der Waals surface area contributed by atoms with Gasteiger partial charge in [-0.1, -0.05) is 18.5 Å². The van der Waals surface area contributed by atoms with Crippen LogP contribution in [0, 0.1) is 0 Å². The predicted octanol–water partition coefficient (Wildman–Crippen LogP) is 4.13. The van der Waals surface area contributed by atoms with E-state index in [1.165, 1.54) is 12.0 Å². The van der Waals surface area contributed by atoms with Gasteiger partial charge in [-0.2, -0.15) is 0 Å². The number of methoxy groups -OCH3 is 1. The van der Waals surface area contributed by atoms with Crippen LogP contribution in [0.25, 0.3) is 6.08 Å². The molecule has 152 valence electrons. The molecular weight excluding hydrogens is 406 g/mol. The first-order valence-corrected chi connectivity index (χ1v) is 9.94. The lowest BCUT2D eigenvalue weighted by Crippen LogP contribution is -2.36. The molecule has 1 atom stereocenters. The van der Waals surface area contributed by atoms with Crippen molar-refractivity contribution in [2.45, 2.75) is 33.2 Å². The summed E-state index contributed by atoms with van der Waals surface area (Å²) in [4.78, 5) is 37.7. The Hall–Kier alpha value is -2.19. The lowest BCUT2D eigenvalue weighted by molar-refractivity contribution is -0.145. The second-order valence-electron chi connectivity index (χ2n) is 5.94. The number of halogens is 1. The van der Waals surface area contributed by atoms with E-state index in [9.17, 15) is 14.4 Å². The van der Waals surface area contributed by atoms with Crippen LogP contribution in [0.4, 0.5) is 4.79 Å². The molecule has 1 aliphatic heterocycles. The van der Waals surface area contributed by atoms with E-state index < -0.39 is 5.97 Å². The lowest BCUT2D eigenvalue weighted by atomic mass is 10.1. The average molecular weight is 428 g/mol. The molecule has 7 nitrogen and oxygen atoms in total. The minimum absolute atomic E-state index is 0.171. The molecule has 1 saturated heterocycles. The molecule has 0 radical (unpaired) electrons. The van der Waals surface area contributed by atoms with Crippen molar-refractivity contribution in [1.82, 2.24) is 4.90 Å². The number of carbonyl (C=O) groups excluding carboxylic acids is 3. The Morgan fingerprint density at radius 1 is 1.32 bits per heavy atom. The molecule has 1 aliphatic rings. The van der Waals surface area contributed by atoms with Crippen LogP contribution >= 0.6 is 23.4 Å². The molecule has 1 unspecified atom stereocenters. The summed E-state index contributed by atoms with van der Waals surface area (Å²) in [5, 5.41) is -0.0888. The van der Waals surface area contributed by atoms with Gasteiger partial charge in [0.25, 0.3) is 11.1 Å². The normalized spacial score (nSPS) is 16.5. The van der Waals surface area contributed by atoms with Crippen molar-refractivity contribution in [3.05, 3.63) is 27.6 Å². The molecule has 0 N–H and O–H groups in total. The van der Waals surface area contributed by atoms with E-state index in [2.05, 4.69) is 0 Å². The summed E-state index contributed by atoms with van der Waals surface area (Å²) in [7, 11) is 1.43. The molecule has 1 aromatic carbocycles. The van der Waals surface area contributed by atoms with Crippen molar-refractivity contribution >= 4 is 46.6 Å². The number of carbonyl (C=O) groups is 3. The van der Waals surface area contributed by atoms with Crippen LogP contribution in [0.1, 0.15) is 32.8 Å². The summed E-state index contributed by atoms with van der Waals surface area (Å²) in [5.41, 5.74) is 0.569. The van der Waals surface area contributed by atoms with E-state index in [0.29, 0.717) is 22.6 Å². The summed E-state index contributed by atoms with van der Waals surface area (Å²) in [6, 6.07) is 3.01. The molecule has 0 aromatic heterocycles. The zero-order chi connectivity index (χ0) is 20.8. The van der Waals surface area contributed by atoms with Gasteiger partial charge in [0, 0.05) is 6.04 Å². The molecule has 1 heterocycles. The zero-order valence-electron chi connectivity index (χ0n) is 16.1. The highest BCUT2D eigenvalue weighted by atomic mass is 35.5. The highest BCUT2D eigenvalue weighted by Crippen LogP contribution is 2.39. The maximum atomic E-state index is 12.5. The molecule has 1 fully saturated rings. The fourth-order valence-corrected chi connectivity index (χ4v) is 3.69. The fourth-order valence-electron chi connectivity index (χ4n) is 2.49. The Bertz CT molecular complexity index is 810. The maximum absolute atomic E-state index is 12.5. The van der Waals surface area contributed by atoms with E-state index in [4.69, 9.17) is 25.8 Å². The Morgan fingerprint density at radius 2 is 2.04 bits per heavy atom. The van der Waals surface area contributed by atoms with Crippen LogP contribution < -0.4 is 9.47 Å². The number of esters is 1. The van der Waals surface area contributed by atoms with Crippen LogP contribution in [0.15, 0.2) is 17.0 Å². The van der Waals surface area contributed by atoms with Crippen LogP contribution in [0.3, 0.4) is 0 Å². The average Bonchev–Trinajstić information content (AvgIpc) is 2.93. The van der Waals surface area contributed by atoms with Gasteiger partial charge in [-0.15, -0.1) is 0 Å². The molecule has 0 saturated carbocycles. The molecule has 9 heteroatoms. The summed E-state index contributed by atoms with van der Waals surface area (Å²) in [6.45, 7) is 5.38. The van der Waals surface area contributed by atoms with Gasteiger partial charge in [-0.05, 0) is 55.8 Å². The van der Waals surface area contributed by atoms with Gasteiger partial charge in [0.05, 0.1) is 23.6 Å². The third-order valence-electron chi connectivity index (χ3n) is 4.04. The number of amides is 2. The Morgan fingerprint density at radius 3 is 2.64 bits per heavy atom. The number of imide groups is 1. The molecule has 2 rings (SSSR count). The standard InChI is InChI=1S/C19H22ClNO6S/c1-5-11(3)21-18(23)15(28-19(21)24)9-12-7-13(20)17(14(8-12)25-4)27-10-16(22)26-6-2/h7-9,11H,5-6,10H2,1-4H3/b15-9-. The summed E-state index contributed by atoms with van der Waals surface area (Å²) < 4.78 is 15.5. The monoisotopic (exact) mass is 427 g/mol. The Balaban J connectivity index is 2.27. The van der Waals surface area contributed by atoms with Crippen molar-refractivity contribution in [1.29, 1.82) is 0 Å². The van der Waals surface area contributed by atoms with Crippen molar-refractivity contribution in [3.8, 4) is 11.5 Å². The first-order valence-electron chi connectivity index (χ1n) is 8.75. The quantitative estimate of drug-likeness (QED) is 0.455. The van der Waals surface area contributed by atoms with Gasteiger partial charge >= 0.3 is 5.97 Å². The predicted molar refractivity (Wildman–Crippen MR) is 108 cm³/mol. The third-order valence-corrected chi connectivity index (χ3v) is 5.21. The van der Waals surface area contributed by atoms with Crippen molar-refractivity contribution in [3.63, 3.8) is 0 Å². The number of benzene rings is 1. The fraction of sp³-hybridized carbons (Fsp3) is 0.421. The molecular formula is C19H22ClNO6S. The van der Waals surface area contributed by atoms with E-state index in [-0.39, 0.29) is 41.2 Å². The van der Waals surface area contributed by atoms with E-state index in [1.807, 2.05) is 13.8 Å². The number of thioether (sulfide) groups is 1. The van der Waals surface area contributed by atoms with Gasteiger partial charge in [-0.3, -0.25) is 14.5 Å². The summed E-state index contributed by atoms with van der Waals surface area (Å²) in [5.74, 6) is -0.364. The smallest absolute Gasteiger partial charge is 0.344 e. The Labute approximate surface area is 172 Å². The summed E-state index contributed by atoms with van der Waals surface area (Å²) >= 11 is 7.16. The number of hydrogen-bond acceptors (Lipinski definition) is 7. The summed E-state index contributed by atoms with van der Waals surface area (Å²) in [6.07, 6.45) is 2.26. The second-order valence-corrected chi connectivity index (χ2v) is 7.34. The van der Waals surface area contributed by atoms with Gasteiger partial charge in [0.1, 0.15) is 0 Å². The first-order chi connectivity index (χ1) is 13.3. The third kappa shape index (κ3) is 4.99. The van der Waals surface area contributed by atoms with Crippen LogP contribution in [-0.2, 0) is 14.3 Å². The molecule has 0 spiro atoms. The van der Waals surface area contributed by atoms with Gasteiger partial charge in [0.2, 0.25) is 0 Å². The van der Waals surface area contributed by atoms with Crippen molar-refractivity contribution in [2.24, 2.45) is 0 Å². The number of ether oxygens (including phenoxy) is 3. The Kier molecular flexibility index (Phi) is 7.77. The molecule has 1 aromatic rings. The van der Waals surface area contributed by atoms with Crippen LogP contribution in [0.2, 0.25) is 5.02 Å². The zero-order valence-corrected chi connectivity index (χ0v) is 17.7. The van der Waals surface area contributed by atoms with Crippen LogP contribution in [0.5, 0.6) is 11.5 Å².